The molecular formula is C26H30O6. The third-order valence-electron chi connectivity index (χ3n) is 6.32. The summed E-state index contributed by atoms with van der Waals surface area (Å²) in [5.74, 6) is 2.92. The van der Waals surface area contributed by atoms with E-state index in [4.69, 9.17) is 23.7 Å². The third kappa shape index (κ3) is 4.47. The van der Waals surface area contributed by atoms with Crippen molar-refractivity contribution in [2.75, 3.05) is 34.4 Å². The summed E-state index contributed by atoms with van der Waals surface area (Å²) in [7, 11) is 3.21. The SMILES string of the molecule is COCOC1=CCC(C2(C)COc3cc(OCOC)ccc3C2c2ccc(O)cc2)C=C1. The molecule has 6 nitrogen and oxygen atoms in total. The summed E-state index contributed by atoms with van der Waals surface area (Å²) in [6, 6.07) is 13.4. The molecule has 6 heteroatoms. The third-order valence-corrected chi connectivity index (χ3v) is 6.32. The highest BCUT2D eigenvalue weighted by molar-refractivity contribution is 5.50. The van der Waals surface area contributed by atoms with Crippen LogP contribution in [-0.2, 0) is 14.2 Å². The molecule has 0 aromatic heterocycles. The van der Waals surface area contributed by atoms with Crippen molar-refractivity contribution in [1.82, 2.24) is 0 Å². The minimum atomic E-state index is -0.210. The fourth-order valence-corrected chi connectivity index (χ4v) is 4.64. The van der Waals surface area contributed by atoms with Crippen LogP contribution in [0.5, 0.6) is 17.2 Å². The van der Waals surface area contributed by atoms with Crippen LogP contribution in [0.1, 0.15) is 30.4 Å². The number of benzene rings is 2. The van der Waals surface area contributed by atoms with Crippen molar-refractivity contribution in [3.05, 3.63) is 77.6 Å². The van der Waals surface area contributed by atoms with Gasteiger partial charge in [-0.1, -0.05) is 31.2 Å². The Morgan fingerprint density at radius 1 is 1.03 bits per heavy atom. The molecule has 0 bridgehead atoms. The van der Waals surface area contributed by atoms with Crippen LogP contribution in [0, 0.1) is 11.3 Å². The summed E-state index contributed by atoms with van der Waals surface area (Å²) >= 11 is 0. The number of ether oxygens (including phenoxy) is 5. The van der Waals surface area contributed by atoms with Crippen LogP contribution < -0.4 is 9.47 Å². The Labute approximate surface area is 189 Å². The van der Waals surface area contributed by atoms with Crippen LogP contribution in [0.3, 0.4) is 0 Å². The Bertz CT molecular complexity index is 980. The van der Waals surface area contributed by atoms with Gasteiger partial charge < -0.3 is 28.8 Å². The molecule has 4 rings (SSSR count). The first-order valence-corrected chi connectivity index (χ1v) is 10.7. The second-order valence-electron chi connectivity index (χ2n) is 8.43. The van der Waals surface area contributed by atoms with Gasteiger partial charge in [0.2, 0.25) is 0 Å². The number of allylic oxidation sites excluding steroid dienone is 3. The number of aromatic hydroxyl groups is 1. The summed E-state index contributed by atoms with van der Waals surface area (Å²) in [4.78, 5) is 0. The number of fused-ring (bicyclic) bond motifs is 1. The van der Waals surface area contributed by atoms with E-state index in [1.807, 2.05) is 30.3 Å². The predicted octanol–water partition coefficient (Wildman–Crippen LogP) is 4.99. The van der Waals surface area contributed by atoms with Gasteiger partial charge >= 0.3 is 0 Å². The Morgan fingerprint density at radius 3 is 2.47 bits per heavy atom. The van der Waals surface area contributed by atoms with Crippen LogP contribution in [-0.4, -0.2) is 39.5 Å². The van der Waals surface area contributed by atoms with E-state index in [2.05, 4.69) is 25.1 Å². The van der Waals surface area contributed by atoms with Crippen LogP contribution in [0.15, 0.2) is 66.5 Å². The van der Waals surface area contributed by atoms with Gasteiger partial charge in [-0.2, -0.15) is 0 Å². The smallest absolute Gasteiger partial charge is 0.188 e. The molecule has 3 atom stereocenters. The second-order valence-corrected chi connectivity index (χ2v) is 8.43. The van der Waals surface area contributed by atoms with E-state index in [1.54, 1.807) is 26.4 Å². The van der Waals surface area contributed by atoms with Crippen LogP contribution in [0.25, 0.3) is 0 Å². The Balaban J connectivity index is 1.69. The fraction of sp³-hybridized carbons (Fsp3) is 0.385. The summed E-state index contributed by atoms with van der Waals surface area (Å²) in [5, 5.41) is 9.85. The molecule has 2 aromatic rings. The van der Waals surface area contributed by atoms with Crippen LogP contribution >= 0.6 is 0 Å². The minimum absolute atomic E-state index is 0.0767. The van der Waals surface area contributed by atoms with Gasteiger partial charge in [0.15, 0.2) is 13.6 Å². The molecule has 0 spiro atoms. The lowest BCUT2D eigenvalue weighted by molar-refractivity contribution is 0.00815. The molecule has 1 aliphatic carbocycles. The molecule has 0 amide bonds. The lowest BCUT2D eigenvalue weighted by Crippen LogP contribution is -2.42. The highest BCUT2D eigenvalue weighted by atomic mass is 16.7. The zero-order valence-corrected chi connectivity index (χ0v) is 18.7. The van der Waals surface area contributed by atoms with E-state index in [1.165, 1.54) is 0 Å². The molecule has 2 aliphatic rings. The zero-order chi connectivity index (χ0) is 22.6. The molecule has 170 valence electrons. The standard InChI is InChI=1S/C26H30O6/c1-26(19-6-10-21(11-7-19)31-16-28-2)15-30-24-14-22(32-17-29-3)12-13-23(24)25(26)18-4-8-20(27)9-5-18/h4-6,8-14,19,25,27H,7,15-17H2,1-3H3. The van der Waals surface area contributed by atoms with Crippen molar-refractivity contribution in [1.29, 1.82) is 0 Å². The number of methoxy groups -OCH3 is 2. The lowest BCUT2D eigenvalue weighted by Gasteiger charge is -2.47. The molecular weight excluding hydrogens is 408 g/mol. The highest BCUT2D eigenvalue weighted by Gasteiger charge is 2.46. The molecule has 0 fully saturated rings. The van der Waals surface area contributed by atoms with Crippen molar-refractivity contribution in [2.45, 2.75) is 19.3 Å². The van der Waals surface area contributed by atoms with Crippen molar-refractivity contribution in [3.63, 3.8) is 0 Å². The molecule has 0 saturated carbocycles. The van der Waals surface area contributed by atoms with Crippen molar-refractivity contribution >= 4 is 0 Å². The van der Waals surface area contributed by atoms with Crippen molar-refractivity contribution in [3.8, 4) is 17.2 Å². The minimum Gasteiger partial charge on any atom is -0.508 e. The monoisotopic (exact) mass is 438 g/mol. The summed E-state index contributed by atoms with van der Waals surface area (Å²) in [6.45, 7) is 3.24. The largest absolute Gasteiger partial charge is 0.508 e. The Hall–Kier alpha value is -2.96. The summed E-state index contributed by atoms with van der Waals surface area (Å²) < 4.78 is 27.5. The maximum Gasteiger partial charge on any atom is 0.188 e. The van der Waals surface area contributed by atoms with Gasteiger partial charge in [-0.3, -0.25) is 0 Å². The van der Waals surface area contributed by atoms with Crippen LogP contribution in [0.4, 0.5) is 0 Å². The molecule has 1 heterocycles. The molecule has 0 saturated heterocycles. The average molecular weight is 439 g/mol. The first-order chi connectivity index (χ1) is 15.5. The molecule has 3 unspecified atom stereocenters. The van der Waals surface area contributed by atoms with Crippen LogP contribution in [0.2, 0.25) is 0 Å². The Morgan fingerprint density at radius 2 is 1.78 bits per heavy atom. The first-order valence-electron chi connectivity index (χ1n) is 10.7. The number of rotatable bonds is 8. The van der Waals surface area contributed by atoms with Gasteiger partial charge in [0.05, 0.1) is 6.61 Å². The molecule has 32 heavy (non-hydrogen) atoms. The van der Waals surface area contributed by atoms with Gasteiger partial charge in [0.1, 0.15) is 23.0 Å². The molecule has 2 aromatic carbocycles. The summed E-state index contributed by atoms with van der Waals surface area (Å²) in [6.07, 6.45) is 7.18. The van der Waals surface area contributed by atoms with Gasteiger partial charge in [0.25, 0.3) is 0 Å². The van der Waals surface area contributed by atoms with Gasteiger partial charge in [-0.15, -0.1) is 0 Å². The van der Waals surface area contributed by atoms with E-state index >= 15 is 0 Å². The maximum absolute atomic E-state index is 9.85. The van der Waals surface area contributed by atoms with Gasteiger partial charge in [0, 0.05) is 37.2 Å². The number of hydrogen-bond donors (Lipinski definition) is 1. The number of phenolic OH excluding ortho intramolecular Hbond substituents is 1. The first kappa shape index (κ1) is 22.2. The topological polar surface area (TPSA) is 66.4 Å². The van der Waals surface area contributed by atoms with Crippen molar-refractivity contribution < 1.29 is 28.8 Å². The van der Waals surface area contributed by atoms with Crippen molar-refractivity contribution in [2.24, 2.45) is 11.3 Å². The fourth-order valence-electron chi connectivity index (χ4n) is 4.64. The van der Waals surface area contributed by atoms with E-state index in [-0.39, 0.29) is 36.6 Å². The van der Waals surface area contributed by atoms with E-state index in [0.717, 1.165) is 29.1 Å². The second kappa shape index (κ2) is 9.67. The quantitative estimate of drug-likeness (QED) is 0.586. The summed E-state index contributed by atoms with van der Waals surface area (Å²) in [5.41, 5.74) is 2.03. The number of hydrogen-bond acceptors (Lipinski definition) is 6. The highest BCUT2D eigenvalue weighted by Crippen LogP contribution is 2.54. The molecule has 0 radical (unpaired) electrons. The normalized spacial score (nSPS) is 24.3. The van der Waals surface area contributed by atoms with E-state index in [0.29, 0.717) is 12.4 Å². The molecule has 1 aliphatic heterocycles. The van der Waals surface area contributed by atoms with Gasteiger partial charge in [-0.25, -0.2) is 0 Å². The average Bonchev–Trinajstić information content (AvgIpc) is 2.82. The maximum atomic E-state index is 9.85. The molecule has 1 N–H and O–H groups in total. The number of phenols is 1. The van der Waals surface area contributed by atoms with E-state index < -0.39 is 0 Å². The zero-order valence-electron chi connectivity index (χ0n) is 18.7. The lowest BCUT2D eigenvalue weighted by atomic mass is 9.61. The Kier molecular flexibility index (Phi) is 6.72. The van der Waals surface area contributed by atoms with Gasteiger partial charge in [-0.05, 0) is 48.3 Å². The van der Waals surface area contributed by atoms with E-state index in [9.17, 15) is 5.11 Å². The predicted molar refractivity (Wildman–Crippen MR) is 121 cm³/mol.